The van der Waals surface area contributed by atoms with E-state index >= 15 is 0 Å². The fourth-order valence-electron chi connectivity index (χ4n) is 7.78. The van der Waals surface area contributed by atoms with E-state index in [-0.39, 0.29) is 29.7 Å². The molecule has 1 amide bonds. The number of ketones is 2. The fourth-order valence-corrected chi connectivity index (χ4v) is 7.78. The van der Waals surface area contributed by atoms with Gasteiger partial charge in [0.15, 0.2) is 11.4 Å². The number of Topliss-reactive ketones (excluding diaryl/α,β-unsaturated/α-hetero) is 2. The molecule has 6 rings (SSSR count). The van der Waals surface area contributed by atoms with Crippen LogP contribution >= 0.6 is 0 Å². The highest BCUT2D eigenvalue weighted by Crippen LogP contribution is 2.53. The average molecular weight is 577 g/mol. The van der Waals surface area contributed by atoms with Crippen LogP contribution in [-0.2, 0) is 27.2 Å². The lowest BCUT2D eigenvalue weighted by molar-refractivity contribution is -0.153. The second-order valence-corrected chi connectivity index (χ2v) is 12.4. The molecule has 1 aromatic heterocycles. The molecule has 10 nitrogen and oxygen atoms in total. The number of hydrogen-bond donors (Lipinski definition) is 5. The van der Waals surface area contributed by atoms with E-state index in [1.807, 2.05) is 12.1 Å². The Morgan fingerprint density at radius 2 is 1.79 bits per heavy atom. The summed E-state index contributed by atoms with van der Waals surface area (Å²) < 4.78 is 6.26. The molecular formula is C32H36N2O8. The number of likely N-dealkylation sites (N-methyl/N-ethyl adjacent to an activating group) is 1. The zero-order valence-corrected chi connectivity index (χ0v) is 23.7. The van der Waals surface area contributed by atoms with Crippen molar-refractivity contribution in [1.82, 2.24) is 4.90 Å². The summed E-state index contributed by atoms with van der Waals surface area (Å²) in [6, 6.07) is 5.85. The van der Waals surface area contributed by atoms with E-state index in [0.717, 1.165) is 12.2 Å². The Bertz CT molecular complexity index is 1560. The predicted octanol–water partition coefficient (Wildman–Crippen LogP) is 3.35. The van der Waals surface area contributed by atoms with Crippen molar-refractivity contribution < 1.29 is 39.2 Å². The Labute approximate surface area is 243 Å². The van der Waals surface area contributed by atoms with Crippen molar-refractivity contribution in [2.75, 3.05) is 14.1 Å². The number of aromatic hydroxyl groups is 1. The zero-order chi connectivity index (χ0) is 30.1. The average Bonchev–Trinajstić information content (AvgIpc) is 3.39. The van der Waals surface area contributed by atoms with Gasteiger partial charge in [-0.05, 0) is 68.6 Å². The van der Waals surface area contributed by atoms with Gasteiger partial charge in [-0.1, -0.05) is 32.1 Å². The summed E-state index contributed by atoms with van der Waals surface area (Å²) in [5, 5.41) is 45.1. The highest BCUT2D eigenvalue weighted by Gasteiger charge is 2.64. The molecule has 0 saturated heterocycles. The van der Waals surface area contributed by atoms with Crippen molar-refractivity contribution in [2.24, 2.45) is 23.5 Å². The van der Waals surface area contributed by atoms with E-state index < -0.39 is 58.0 Å². The minimum Gasteiger partial charge on any atom is -0.508 e. The van der Waals surface area contributed by atoms with Gasteiger partial charge in [0.25, 0.3) is 5.91 Å². The molecule has 0 unspecified atom stereocenters. The second kappa shape index (κ2) is 10.1. The largest absolute Gasteiger partial charge is 0.508 e. The molecule has 2 aromatic rings. The minimum absolute atomic E-state index is 0.0337. The Hall–Kier alpha value is -3.89. The van der Waals surface area contributed by atoms with E-state index in [1.54, 1.807) is 20.2 Å². The van der Waals surface area contributed by atoms with Gasteiger partial charge in [-0.15, -0.1) is 0 Å². The molecule has 222 valence electrons. The van der Waals surface area contributed by atoms with Gasteiger partial charge in [-0.2, -0.15) is 0 Å². The minimum atomic E-state index is -2.66. The van der Waals surface area contributed by atoms with Crippen LogP contribution in [0.2, 0.25) is 0 Å². The lowest BCUT2D eigenvalue weighted by atomic mass is 9.57. The number of furan rings is 1. The van der Waals surface area contributed by atoms with Gasteiger partial charge in [0, 0.05) is 23.5 Å². The summed E-state index contributed by atoms with van der Waals surface area (Å²) in [5.41, 5.74) is 3.02. The van der Waals surface area contributed by atoms with Crippen molar-refractivity contribution in [1.29, 1.82) is 0 Å². The number of benzene rings is 1. The van der Waals surface area contributed by atoms with Gasteiger partial charge in [-0.3, -0.25) is 19.3 Å². The van der Waals surface area contributed by atoms with Gasteiger partial charge in [0.1, 0.15) is 34.4 Å². The van der Waals surface area contributed by atoms with Crippen LogP contribution in [0.5, 0.6) is 5.75 Å². The van der Waals surface area contributed by atoms with E-state index in [0.29, 0.717) is 22.8 Å². The Morgan fingerprint density at radius 1 is 1.07 bits per heavy atom. The third-order valence-electron chi connectivity index (χ3n) is 9.75. The number of amides is 1. The second-order valence-electron chi connectivity index (χ2n) is 12.4. The third kappa shape index (κ3) is 4.11. The molecule has 0 radical (unpaired) electrons. The quantitative estimate of drug-likeness (QED) is 0.334. The first-order chi connectivity index (χ1) is 19.9. The molecular weight excluding hydrogens is 540 g/mol. The highest BCUT2D eigenvalue weighted by atomic mass is 16.4. The van der Waals surface area contributed by atoms with Crippen LogP contribution in [0, 0.1) is 17.8 Å². The number of hydrogen-bond acceptors (Lipinski definition) is 9. The monoisotopic (exact) mass is 576 g/mol. The highest BCUT2D eigenvalue weighted by molar-refractivity contribution is 6.24. The molecule has 6 N–H and O–H groups in total. The molecule has 0 spiro atoms. The standard InChI is InChI=1S/C32H36N2O8/c1-34(2)26-20-14-16-13-19-18(22-11-8-17(42-22)12-15-6-4-3-5-7-15)9-10-21(35)24(19)27(36)23(16)29(38)32(20,41)30(39)25(28(26)37)31(33)40/h8-11,15-16,20,26,35-36,39,41H,3-7,12-14H2,1-2H3,(H2,33,40)/t16-,20-,26-,32-/m0/s1. The summed E-state index contributed by atoms with van der Waals surface area (Å²) in [6.07, 6.45) is 7.16. The normalized spacial score (nSPS) is 28.1. The summed E-state index contributed by atoms with van der Waals surface area (Å²) in [7, 11) is 3.15. The zero-order valence-electron chi connectivity index (χ0n) is 23.7. The Balaban J connectivity index is 1.44. The van der Waals surface area contributed by atoms with E-state index in [1.165, 1.54) is 43.1 Å². The van der Waals surface area contributed by atoms with E-state index in [9.17, 15) is 34.8 Å². The number of nitrogens with zero attached hydrogens (tertiary/aromatic N) is 1. The van der Waals surface area contributed by atoms with Crippen LogP contribution in [0.1, 0.15) is 55.4 Å². The molecule has 4 aliphatic rings. The number of carbonyl (C=O) groups is 3. The van der Waals surface area contributed by atoms with Crippen molar-refractivity contribution >= 4 is 23.2 Å². The predicted molar refractivity (Wildman–Crippen MR) is 152 cm³/mol. The number of phenolic OH excluding ortho intramolecular Hbond substituents is 1. The molecule has 2 fully saturated rings. The lowest BCUT2D eigenvalue weighted by Crippen LogP contribution is -2.65. The van der Waals surface area contributed by atoms with Crippen LogP contribution in [0.15, 0.2) is 45.6 Å². The molecule has 1 aromatic carbocycles. The number of primary amides is 1. The van der Waals surface area contributed by atoms with Crippen molar-refractivity contribution in [3.8, 4) is 17.1 Å². The van der Waals surface area contributed by atoms with E-state index in [4.69, 9.17) is 10.2 Å². The number of rotatable bonds is 5. The van der Waals surface area contributed by atoms with Crippen molar-refractivity contribution in [3.63, 3.8) is 0 Å². The van der Waals surface area contributed by atoms with Crippen LogP contribution in [0.25, 0.3) is 17.1 Å². The number of nitrogens with two attached hydrogens (primary N) is 1. The first-order valence-corrected chi connectivity index (χ1v) is 14.5. The summed E-state index contributed by atoms with van der Waals surface area (Å²) in [4.78, 5) is 40.9. The Kier molecular flexibility index (Phi) is 6.81. The van der Waals surface area contributed by atoms with Crippen molar-refractivity contribution in [3.05, 3.63) is 58.1 Å². The van der Waals surface area contributed by atoms with E-state index in [2.05, 4.69) is 0 Å². The van der Waals surface area contributed by atoms with Crippen molar-refractivity contribution in [2.45, 2.75) is 63.0 Å². The molecule has 0 aliphatic heterocycles. The van der Waals surface area contributed by atoms with Crippen LogP contribution < -0.4 is 5.73 Å². The lowest BCUT2D eigenvalue weighted by Gasteiger charge is -2.50. The number of carbonyl (C=O) groups excluding carboxylic acids is 3. The first kappa shape index (κ1) is 28.2. The summed E-state index contributed by atoms with van der Waals surface area (Å²) in [5.74, 6) is -4.67. The number of aliphatic hydroxyl groups is 3. The van der Waals surface area contributed by atoms with Gasteiger partial charge in [-0.25, -0.2) is 0 Å². The summed E-state index contributed by atoms with van der Waals surface area (Å²) >= 11 is 0. The van der Waals surface area contributed by atoms with Crippen LogP contribution in [0.4, 0.5) is 0 Å². The molecule has 4 aliphatic carbocycles. The smallest absolute Gasteiger partial charge is 0.255 e. The third-order valence-corrected chi connectivity index (χ3v) is 9.75. The summed E-state index contributed by atoms with van der Waals surface area (Å²) in [6.45, 7) is 0. The fraction of sp³-hybridized carbons (Fsp3) is 0.469. The number of fused-ring (bicyclic) bond motifs is 3. The first-order valence-electron chi connectivity index (χ1n) is 14.5. The topological polar surface area (TPSA) is 175 Å². The maximum Gasteiger partial charge on any atom is 0.255 e. The SMILES string of the molecule is CN(C)[C@@H]1C(=O)C(C(N)=O)=C(O)[C@@]2(O)C(=O)C3=C(O)c4c(O)ccc(-c5ccc(CC6CCCCC6)o5)c4C[C@H]3C[C@@H]12. The van der Waals surface area contributed by atoms with Crippen LogP contribution in [-0.4, -0.2) is 68.5 Å². The number of phenols is 1. The Morgan fingerprint density at radius 3 is 2.45 bits per heavy atom. The van der Waals surface area contributed by atoms with Gasteiger partial charge >= 0.3 is 0 Å². The van der Waals surface area contributed by atoms with Gasteiger partial charge in [0.2, 0.25) is 5.78 Å². The molecule has 1 heterocycles. The van der Waals surface area contributed by atoms with Crippen LogP contribution in [0.3, 0.4) is 0 Å². The molecule has 42 heavy (non-hydrogen) atoms. The number of aliphatic hydroxyl groups excluding tert-OH is 2. The molecule has 0 bridgehead atoms. The van der Waals surface area contributed by atoms with Gasteiger partial charge in [0.05, 0.1) is 11.6 Å². The molecule has 2 saturated carbocycles. The molecule has 10 heteroatoms. The maximum absolute atomic E-state index is 14.0. The maximum atomic E-state index is 14.0. The molecule has 4 atom stereocenters. The van der Waals surface area contributed by atoms with Gasteiger partial charge < -0.3 is 30.6 Å².